The van der Waals surface area contributed by atoms with Crippen LogP contribution in [0, 0.1) is 17.5 Å². The molecule has 0 aliphatic rings. The molecule has 3 nitrogen and oxygen atoms in total. The first-order valence-electron chi connectivity index (χ1n) is 6.11. The summed E-state index contributed by atoms with van der Waals surface area (Å²) in [6.07, 6.45) is 1.76. The molecule has 0 heterocycles. The summed E-state index contributed by atoms with van der Waals surface area (Å²) in [5.74, 6) is -3.75. The van der Waals surface area contributed by atoms with Gasteiger partial charge in [0.2, 0.25) is 5.91 Å². The fourth-order valence-corrected chi connectivity index (χ4v) is 1.69. The average Bonchev–Trinajstić information content (AvgIpc) is 2.32. The highest BCUT2D eigenvalue weighted by Crippen LogP contribution is 2.18. The number of amides is 1. The van der Waals surface area contributed by atoms with Crippen LogP contribution in [0.1, 0.15) is 26.7 Å². The third kappa shape index (κ3) is 4.81. The third-order valence-corrected chi connectivity index (χ3v) is 2.56. The Hall–Kier alpha value is -1.72. The van der Waals surface area contributed by atoms with Gasteiger partial charge in [0.1, 0.15) is 5.82 Å². The Labute approximate surface area is 110 Å². The summed E-state index contributed by atoms with van der Waals surface area (Å²) < 4.78 is 39.1. The van der Waals surface area contributed by atoms with Crippen molar-refractivity contribution < 1.29 is 18.0 Å². The molecule has 0 fully saturated rings. The number of halogens is 3. The topological polar surface area (TPSA) is 41.1 Å². The number of benzene rings is 1. The van der Waals surface area contributed by atoms with E-state index in [-0.39, 0.29) is 24.2 Å². The van der Waals surface area contributed by atoms with Crippen molar-refractivity contribution >= 4 is 11.6 Å². The summed E-state index contributed by atoms with van der Waals surface area (Å²) in [7, 11) is 0. The molecule has 6 heteroatoms. The summed E-state index contributed by atoms with van der Waals surface area (Å²) in [4.78, 5) is 11.5. The van der Waals surface area contributed by atoms with E-state index in [0.717, 1.165) is 18.9 Å². The summed E-state index contributed by atoms with van der Waals surface area (Å²) in [6, 6.07) is 1.26. The van der Waals surface area contributed by atoms with E-state index < -0.39 is 17.5 Å². The molecule has 19 heavy (non-hydrogen) atoms. The molecule has 1 unspecified atom stereocenters. The molecule has 0 saturated heterocycles. The Kier molecular flexibility index (Phi) is 5.66. The molecule has 0 radical (unpaired) electrons. The molecule has 1 atom stereocenters. The van der Waals surface area contributed by atoms with Crippen molar-refractivity contribution in [1.82, 2.24) is 5.32 Å². The molecule has 0 spiro atoms. The van der Waals surface area contributed by atoms with Gasteiger partial charge in [-0.1, -0.05) is 13.3 Å². The van der Waals surface area contributed by atoms with Crippen molar-refractivity contribution in [3.8, 4) is 0 Å². The number of rotatable bonds is 6. The van der Waals surface area contributed by atoms with Crippen molar-refractivity contribution in [1.29, 1.82) is 0 Å². The molecule has 1 amide bonds. The van der Waals surface area contributed by atoms with Gasteiger partial charge in [-0.05, 0) is 13.3 Å². The predicted octanol–water partition coefficient (Wildman–Crippen LogP) is 2.82. The van der Waals surface area contributed by atoms with Gasteiger partial charge in [0.15, 0.2) is 11.6 Å². The van der Waals surface area contributed by atoms with Gasteiger partial charge in [0.25, 0.3) is 0 Å². The molecule has 1 rings (SSSR count). The van der Waals surface area contributed by atoms with E-state index in [1.165, 1.54) is 0 Å². The lowest BCUT2D eigenvalue weighted by atomic mass is 10.2. The number of hydrogen-bond donors (Lipinski definition) is 2. The molecule has 1 aromatic carbocycles. The Morgan fingerprint density at radius 3 is 2.63 bits per heavy atom. The lowest BCUT2D eigenvalue weighted by molar-refractivity contribution is -0.120. The van der Waals surface area contributed by atoms with Gasteiger partial charge < -0.3 is 10.6 Å². The smallest absolute Gasteiger partial charge is 0.239 e. The van der Waals surface area contributed by atoms with Crippen LogP contribution in [-0.2, 0) is 4.79 Å². The van der Waals surface area contributed by atoms with Crippen LogP contribution >= 0.6 is 0 Å². The second-order valence-electron chi connectivity index (χ2n) is 4.36. The SMILES string of the molecule is CCCC(C)NC(=O)CNc1cc(F)cc(F)c1F. The Morgan fingerprint density at radius 2 is 2.00 bits per heavy atom. The Bertz CT molecular complexity index is 452. The largest absolute Gasteiger partial charge is 0.374 e. The number of nitrogens with one attached hydrogen (secondary N) is 2. The lowest BCUT2D eigenvalue weighted by Crippen LogP contribution is -2.36. The molecule has 0 saturated carbocycles. The molecule has 0 aromatic heterocycles. The van der Waals surface area contributed by atoms with Gasteiger partial charge in [0, 0.05) is 18.2 Å². The van der Waals surface area contributed by atoms with Crippen molar-refractivity contribution in [2.75, 3.05) is 11.9 Å². The van der Waals surface area contributed by atoms with E-state index in [0.29, 0.717) is 6.07 Å². The van der Waals surface area contributed by atoms with Gasteiger partial charge in [-0.25, -0.2) is 13.2 Å². The van der Waals surface area contributed by atoms with E-state index in [4.69, 9.17) is 0 Å². The molecule has 1 aromatic rings. The van der Waals surface area contributed by atoms with E-state index in [1.54, 1.807) is 0 Å². The van der Waals surface area contributed by atoms with Gasteiger partial charge in [0.05, 0.1) is 12.2 Å². The molecule has 106 valence electrons. The van der Waals surface area contributed by atoms with Crippen molar-refractivity contribution in [2.45, 2.75) is 32.7 Å². The van der Waals surface area contributed by atoms with E-state index in [1.807, 2.05) is 13.8 Å². The van der Waals surface area contributed by atoms with Crippen LogP contribution in [0.4, 0.5) is 18.9 Å². The first-order valence-corrected chi connectivity index (χ1v) is 6.11. The first kappa shape index (κ1) is 15.3. The Morgan fingerprint density at radius 1 is 1.32 bits per heavy atom. The number of anilines is 1. The standard InChI is InChI=1S/C13H17F3N2O/c1-3-4-8(2)18-12(19)7-17-11-6-9(14)5-10(15)13(11)16/h5-6,8,17H,3-4,7H2,1-2H3,(H,18,19). The average molecular weight is 274 g/mol. The van der Waals surface area contributed by atoms with Crippen LogP contribution in [0.25, 0.3) is 0 Å². The second-order valence-corrected chi connectivity index (χ2v) is 4.36. The summed E-state index contributed by atoms with van der Waals surface area (Å²) >= 11 is 0. The monoisotopic (exact) mass is 274 g/mol. The summed E-state index contributed by atoms with van der Waals surface area (Å²) in [5, 5.41) is 5.06. The minimum absolute atomic E-state index is 0.00777. The summed E-state index contributed by atoms with van der Waals surface area (Å²) in [6.45, 7) is 3.60. The minimum atomic E-state index is -1.29. The number of carbonyl (C=O) groups excluding carboxylic acids is 1. The zero-order valence-corrected chi connectivity index (χ0v) is 10.9. The molecule has 0 aliphatic heterocycles. The fraction of sp³-hybridized carbons (Fsp3) is 0.462. The predicted molar refractivity (Wildman–Crippen MR) is 67.3 cm³/mol. The van der Waals surface area contributed by atoms with Crippen LogP contribution in [0.3, 0.4) is 0 Å². The van der Waals surface area contributed by atoms with Crippen LogP contribution < -0.4 is 10.6 Å². The number of hydrogen-bond acceptors (Lipinski definition) is 2. The second kappa shape index (κ2) is 7.01. The maximum absolute atomic E-state index is 13.3. The van der Waals surface area contributed by atoms with Crippen LogP contribution in [0.15, 0.2) is 12.1 Å². The van der Waals surface area contributed by atoms with Crippen molar-refractivity contribution in [3.05, 3.63) is 29.6 Å². The quantitative estimate of drug-likeness (QED) is 0.783. The van der Waals surface area contributed by atoms with Gasteiger partial charge in [-0.2, -0.15) is 0 Å². The maximum Gasteiger partial charge on any atom is 0.239 e. The molecular weight excluding hydrogens is 257 g/mol. The zero-order valence-electron chi connectivity index (χ0n) is 10.9. The van der Waals surface area contributed by atoms with Gasteiger partial charge in [-0.15, -0.1) is 0 Å². The first-order chi connectivity index (χ1) is 8.93. The lowest BCUT2D eigenvalue weighted by Gasteiger charge is -2.14. The van der Waals surface area contributed by atoms with Crippen LogP contribution in [0.2, 0.25) is 0 Å². The highest BCUT2D eigenvalue weighted by Gasteiger charge is 2.12. The minimum Gasteiger partial charge on any atom is -0.374 e. The zero-order chi connectivity index (χ0) is 14.4. The Balaban J connectivity index is 2.55. The maximum atomic E-state index is 13.3. The van der Waals surface area contributed by atoms with Crippen LogP contribution in [-0.4, -0.2) is 18.5 Å². The highest BCUT2D eigenvalue weighted by atomic mass is 19.2. The van der Waals surface area contributed by atoms with E-state index in [9.17, 15) is 18.0 Å². The molecule has 0 bridgehead atoms. The normalized spacial score (nSPS) is 12.1. The molecule has 0 aliphatic carbocycles. The highest BCUT2D eigenvalue weighted by molar-refractivity contribution is 5.80. The third-order valence-electron chi connectivity index (χ3n) is 2.56. The van der Waals surface area contributed by atoms with Gasteiger partial charge >= 0.3 is 0 Å². The van der Waals surface area contributed by atoms with E-state index in [2.05, 4.69) is 10.6 Å². The van der Waals surface area contributed by atoms with Crippen molar-refractivity contribution in [2.24, 2.45) is 0 Å². The summed E-state index contributed by atoms with van der Waals surface area (Å²) in [5.41, 5.74) is -0.365. The molecular formula is C13H17F3N2O. The van der Waals surface area contributed by atoms with Crippen LogP contribution in [0.5, 0.6) is 0 Å². The van der Waals surface area contributed by atoms with E-state index >= 15 is 0 Å². The number of carbonyl (C=O) groups is 1. The molecule has 2 N–H and O–H groups in total. The fourth-order valence-electron chi connectivity index (χ4n) is 1.69. The van der Waals surface area contributed by atoms with Crippen molar-refractivity contribution in [3.63, 3.8) is 0 Å². The van der Waals surface area contributed by atoms with Gasteiger partial charge in [-0.3, -0.25) is 4.79 Å².